The molecule has 0 saturated carbocycles. The zero-order chi connectivity index (χ0) is 11.5. The van der Waals surface area contributed by atoms with E-state index in [4.69, 9.17) is 4.74 Å². The maximum absolute atomic E-state index is 13.1. The Labute approximate surface area is 109 Å². The first-order valence-electron chi connectivity index (χ1n) is 4.38. The standard InChI is InChI=1S/C11H6Br2FNO/c12-7-3-8(14)5-9(4-7)16-11-1-2-15-6-10(11)13/h1-6H. The second-order valence-corrected chi connectivity index (χ2v) is 4.78. The second-order valence-electron chi connectivity index (χ2n) is 3.01. The molecule has 1 aromatic carbocycles. The van der Waals surface area contributed by atoms with Crippen molar-refractivity contribution >= 4 is 31.9 Å². The molecule has 0 amide bonds. The van der Waals surface area contributed by atoms with E-state index in [1.165, 1.54) is 12.1 Å². The number of hydrogen-bond acceptors (Lipinski definition) is 2. The van der Waals surface area contributed by atoms with Gasteiger partial charge in [-0.25, -0.2) is 4.39 Å². The summed E-state index contributed by atoms with van der Waals surface area (Å²) in [5.41, 5.74) is 0. The molecule has 0 bridgehead atoms. The molecule has 82 valence electrons. The van der Waals surface area contributed by atoms with Gasteiger partial charge in [-0.1, -0.05) is 15.9 Å². The zero-order valence-electron chi connectivity index (χ0n) is 7.95. The van der Waals surface area contributed by atoms with E-state index in [9.17, 15) is 4.39 Å². The molecule has 16 heavy (non-hydrogen) atoms. The fourth-order valence-electron chi connectivity index (χ4n) is 1.16. The highest BCUT2D eigenvalue weighted by Gasteiger charge is 2.04. The molecule has 0 aliphatic rings. The van der Waals surface area contributed by atoms with E-state index in [-0.39, 0.29) is 5.82 Å². The van der Waals surface area contributed by atoms with Crippen molar-refractivity contribution in [2.45, 2.75) is 0 Å². The molecule has 0 fully saturated rings. The van der Waals surface area contributed by atoms with Crippen molar-refractivity contribution in [3.05, 3.63) is 51.4 Å². The van der Waals surface area contributed by atoms with E-state index < -0.39 is 0 Å². The van der Waals surface area contributed by atoms with Crippen LogP contribution < -0.4 is 4.74 Å². The number of hydrogen-bond donors (Lipinski definition) is 0. The lowest BCUT2D eigenvalue weighted by atomic mass is 10.3. The molecule has 2 nitrogen and oxygen atoms in total. The van der Waals surface area contributed by atoms with Crippen LogP contribution in [0.2, 0.25) is 0 Å². The SMILES string of the molecule is Fc1cc(Br)cc(Oc2ccncc2Br)c1. The van der Waals surface area contributed by atoms with Crippen molar-refractivity contribution in [3.63, 3.8) is 0 Å². The summed E-state index contributed by atoms with van der Waals surface area (Å²) in [6.45, 7) is 0. The Balaban J connectivity index is 2.30. The van der Waals surface area contributed by atoms with Crippen LogP contribution in [0.4, 0.5) is 4.39 Å². The molecule has 0 N–H and O–H groups in total. The topological polar surface area (TPSA) is 22.1 Å². The van der Waals surface area contributed by atoms with Gasteiger partial charge >= 0.3 is 0 Å². The fraction of sp³-hybridized carbons (Fsp3) is 0. The monoisotopic (exact) mass is 345 g/mol. The van der Waals surface area contributed by atoms with Crippen molar-refractivity contribution in [2.24, 2.45) is 0 Å². The third kappa shape index (κ3) is 2.80. The van der Waals surface area contributed by atoms with Crippen LogP contribution in [-0.2, 0) is 0 Å². The van der Waals surface area contributed by atoms with Crippen LogP contribution in [0, 0.1) is 5.82 Å². The quantitative estimate of drug-likeness (QED) is 0.796. The number of ether oxygens (including phenoxy) is 1. The van der Waals surface area contributed by atoms with E-state index in [0.717, 1.165) is 4.47 Å². The zero-order valence-corrected chi connectivity index (χ0v) is 11.1. The lowest BCUT2D eigenvalue weighted by Crippen LogP contribution is -1.87. The average Bonchev–Trinajstić information content (AvgIpc) is 2.20. The first-order chi connectivity index (χ1) is 7.65. The lowest BCUT2D eigenvalue weighted by Gasteiger charge is -2.07. The molecular formula is C11H6Br2FNO. The molecule has 0 aliphatic heterocycles. The van der Waals surface area contributed by atoms with Gasteiger partial charge in [0.1, 0.15) is 17.3 Å². The number of halogens is 3. The third-order valence-electron chi connectivity index (χ3n) is 1.80. The van der Waals surface area contributed by atoms with E-state index >= 15 is 0 Å². The summed E-state index contributed by atoms with van der Waals surface area (Å²) in [5, 5.41) is 0. The summed E-state index contributed by atoms with van der Waals surface area (Å²) in [6, 6.07) is 6.07. The van der Waals surface area contributed by atoms with Crippen LogP contribution >= 0.6 is 31.9 Å². The molecule has 0 spiro atoms. The first kappa shape index (κ1) is 11.5. The van der Waals surface area contributed by atoms with Gasteiger partial charge in [0.2, 0.25) is 0 Å². The van der Waals surface area contributed by atoms with Crippen molar-refractivity contribution < 1.29 is 9.13 Å². The van der Waals surface area contributed by atoms with Crippen molar-refractivity contribution in [2.75, 3.05) is 0 Å². The van der Waals surface area contributed by atoms with Gasteiger partial charge in [-0.05, 0) is 28.1 Å². The van der Waals surface area contributed by atoms with Gasteiger partial charge in [-0.15, -0.1) is 0 Å². The van der Waals surface area contributed by atoms with E-state index in [2.05, 4.69) is 36.8 Å². The number of nitrogens with zero attached hydrogens (tertiary/aromatic N) is 1. The number of pyridine rings is 1. The summed E-state index contributed by atoms with van der Waals surface area (Å²) in [7, 11) is 0. The fourth-order valence-corrected chi connectivity index (χ4v) is 1.94. The van der Waals surface area contributed by atoms with E-state index in [1.54, 1.807) is 24.5 Å². The Bertz CT molecular complexity index is 499. The molecule has 2 rings (SSSR count). The molecule has 5 heteroatoms. The van der Waals surface area contributed by atoms with Crippen LogP contribution in [0.25, 0.3) is 0 Å². The average molecular weight is 347 g/mol. The predicted octanol–water partition coefficient (Wildman–Crippen LogP) is 4.54. The van der Waals surface area contributed by atoms with Crippen LogP contribution in [0.15, 0.2) is 45.6 Å². The number of benzene rings is 1. The molecule has 0 unspecified atom stereocenters. The highest BCUT2D eigenvalue weighted by Crippen LogP contribution is 2.30. The van der Waals surface area contributed by atoms with Crippen LogP contribution in [-0.4, -0.2) is 4.98 Å². The summed E-state index contributed by atoms with van der Waals surface area (Å²) in [6.07, 6.45) is 3.22. The maximum atomic E-state index is 13.1. The highest BCUT2D eigenvalue weighted by molar-refractivity contribution is 9.10. The van der Waals surface area contributed by atoms with Gasteiger partial charge in [0.15, 0.2) is 0 Å². The molecule has 0 aliphatic carbocycles. The summed E-state index contributed by atoms with van der Waals surface area (Å²) in [4.78, 5) is 3.91. The molecular weight excluding hydrogens is 341 g/mol. The second kappa shape index (κ2) is 4.93. The summed E-state index contributed by atoms with van der Waals surface area (Å²) in [5.74, 6) is 0.667. The van der Waals surface area contributed by atoms with Gasteiger partial charge in [0, 0.05) is 29.0 Å². The van der Waals surface area contributed by atoms with Gasteiger partial charge in [0.25, 0.3) is 0 Å². The van der Waals surface area contributed by atoms with Gasteiger partial charge in [0.05, 0.1) is 4.47 Å². The smallest absolute Gasteiger partial charge is 0.144 e. The Kier molecular flexibility index (Phi) is 3.56. The largest absolute Gasteiger partial charge is 0.456 e. The molecule has 1 heterocycles. The minimum absolute atomic E-state index is 0.352. The Morgan fingerprint density at radius 3 is 2.69 bits per heavy atom. The van der Waals surface area contributed by atoms with Gasteiger partial charge in [-0.2, -0.15) is 0 Å². The molecule has 0 saturated heterocycles. The maximum Gasteiger partial charge on any atom is 0.144 e. The predicted molar refractivity (Wildman–Crippen MR) is 66.1 cm³/mol. The first-order valence-corrected chi connectivity index (χ1v) is 5.97. The Hall–Kier alpha value is -0.940. The third-order valence-corrected chi connectivity index (χ3v) is 2.85. The molecule has 0 atom stereocenters. The summed E-state index contributed by atoms with van der Waals surface area (Å²) >= 11 is 6.50. The van der Waals surface area contributed by atoms with Crippen molar-refractivity contribution in [3.8, 4) is 11.5 Å². The molecule has 0 radical (unpaired) electrons. The highest BCUT2D eigenvalue weighted by atomic mass is 79.9. The Morgan fingerprint density at radius 1 is 1.19 bits per heavy atom. The molecule has 2 aromatic rings. The van der Waals surface area contributed by atoms with Crippen LogP contribution in [0.1, 0.15) is 0 Å². The van der Waals surface area contributed by atoms with Gasteiger partial charge < -0.3 is 4.74 Å². The molecule has 1 aromatic heterocycles. The number of aromatic nitrogens is 1. The normalized spacial score (nSPS) is 10.2. The minimum atomic E-state index is -0.352. The van der Waals surface area contributed by atoms with E-state index in [0.29, 0.717) is 16.0 Å². The van der Waals surface area contributed by atoms with Crippen molar-refractivity contribution in [1.29, 1.82) is 0 Å². The Morgan fingerprint density at radius 2 is 2.00 bits per heavy atom. The van der Waals surface area contributed by atoms with E-state index in [1.807, 2.05) is 0 Å². The summed E-state index contributed by atoms with van der Waals surface area (Å²) < 4.78 is 20.0. The van der Waals surface area contributed by atoms with Crippen LogP contribution in [0.3, 0.4) is 0 Å². The van der Waals surface area contributed by atoms with Crippen molar-refractivity contribution in [1.82, 2.24) is 4.98 Å². The lowest BCUT2D eigenvalue weighted by molar-refractivity contribution is 0.472. The number of rotatable bonds is 2. The van der Waals surface area contributed by atoms with Crippen LogP contribution in [0.5, 0.6) is 11.5 Å². The van der Waals surface area contributed by atoms with Gasteiger partial charge in [-0.3, -0.25) is 4.98 Å². The minimum Gasteiger partial charge on any atom is -0.456 e.